The van der Waals surface area contributed by atoms with Crippen molar-refractivity contribution in [3.8, 4) is 5.75 Å². The number of amides is 1. The number of thioether (sulfide) groups is 1. The molecule has 0 radical (unpaired) electrons. The van der Waals surface area contributed by atoms with E-state index < -0.39 is 0 Å². The molecule has 1 aromatic carbocycles. The Balaban J connectivity index is 1.70. The molecule has 178 valence electrons. The van der Waals surface area contributed by atoms with Crippen LogP contribution in [0.3, 0.4) is 0 Å². The largest absolute Gasteiger partial charge is 0.494 e. The summed E-state index contributed by atoms with van der Waals surface area (Å²) in [5.41, 5.74) is 1.48. The quantitative estimate of drug-likeness (QED) is 0.250. The Morgan fingerprint density at radius 1 is 1.24 bits per heavy atom. The molecular formula is C25H28N4O3S2. The first kappa shape index (κ1) is 24.2. The number of fused-ring (bicyclic) bond motifs is 3. The van der Waals surface area contributed by atoms with E-state index in [9.17, 15) is 9.59 Å². The molecule has 3 aromatic heterocycles. The number of aromatic nitrogens is 3. The Kier molecular flexibility index (Phi) is 7.84. The molecule has 4 aromatic rings. The first-order valence-corrected chi connectivity index (χ1v) is 13.2. The third kappa shape index (κ3) is 5.42. The molecule has 0 aliphatic rings. The molecule has 0 saturated carbocycles. The fraction of sp³-hybridized carbons (Fsp3) is 0.360. The molecule has 3 heterocycles. The summed E-state index contributed by atoms with van der Waals surface area (Å²) in [6.45, 7) is 7.09. The van der Waals surface area contributed by atoms with Crippen LogP contribution in [0.4, 0.5) is 0 Å². The zero-order chi connectivity index (χ0) is 24.1. The summed E-state index contributed by atoms with van der Waals surface area (Å²) in [7, 11) is 0. The fourth-order valence-electron chi connectivity index (χ4n) is 3.43. The number of carbonyl (C=O) groups is 1. The number of rotatable bonds is 10. The van der Waals surface area contributed by atoms with Gasteiger partial charge in [0.15, 0.2) is 5.16 Å². The van der Waals surface area contributed by atoms with Gasteiger partial charge in [0.25, 0.3) is 5.56 Å². The van der Waals surface area contributed by atoms with Crippen LogP contribution in [0.25, 0.3) is 20.4 Å². The lowest BCUT2D eigenvalue weighted by molar-refractivity contribution is -0.119. The smallest absolute Gasteiger partial charge is 0.272 e. The van der Waals surface area contributed by atoms with Crippen LogP contribution >= 0.6 is 23.1 Å². The number of thiophene rings is 1. The lowest BCUT2D eigenvalue weighted by Gasteiger charge is -2.14. The molecule has 34 heavy (non-hydrogen) atoms. The van der Waals surface area contributed by atoms with Gasteiger partial charge in [0, 0.05) is 17.6 Å². The predicted octanol–water partition coefficient (Wildman–Crippen LogP) is 4.85. The first-order valence-electron chi connectivity index (χ1n) is 11.4. The Labute approximate surface area is 206 Å². The van der Waals surface area contributed by atoms with E-state index in [1.165, 1.54) is 23.1 Å². The van der Waals surface area contributed by atoms with E-state index in [-0.39, 0.29) is 23.3 Å². The van der Waals surface area contributed by atoms with Crippen LogP contribution in [0, 0.1) is 0 Å². The third-order valence-corrected chi connectivity index (χ3v) is 7.47. The second-order valence-electron chi connectivity index (χ2n) is 8.08. The highest BCUT2D eigenvalue weighted by atomic mass is 32.2. The van der Waals surface area contributed by atoms with Gasteiger partial charge in [-0.25, -0.2) is 9.97 Å². The summed E-state index contributed by atoms with van der Waals surface area (Å²) in [4.78, 5) is 36.0. The van der Waals surface area contributed by atoms with Gasteiger partial charge >= 0.3 is 0 Å². The number of nitrogens with one attached hydrogen (secondary N) is 1. The van der Waals surface area contributed by atoms with E-state index in [0.29, 0.717) is 28.5 Å². The van der Waals surface area contributed by atoms with Crippen LogP contribution in [-0.2, 0) is 11.3 Å². The van der Waals surface area contributed by atoms with Crippen molar-refractivity contribution in [1.29, 1.82) is 0 Å². The predicted molar refractivity (Wildman–Crippen MR) is 139 cm³/mol. The van der Waals surface area contributed by atoms with Crippen molar-refractivity contribution in [3.05, 3.63) is 58.5 Å². The van der Waals surface area contributed by atoms with Crippen molar-refractivity contribution in [2.75, 3.05) is 12.4 Å². The molecule has 0 aliphatic carbocycles. The minimum absolute atomic E-state index is 0.0745. The molecular weight excluding hydrogens is 468 g/mol. The summed E-state index contributed by atoms with van der Waals surface area (Å²) in [6, 6.07) is 11.6. The molecule has 4 rings (SSSR count). The van der Waals surface area contributed by atoms with Gasteiger partial charge in [-0.15, -0.1) is 11.3 Å². The Hall–Kier alpha value is -2.91. The van der Waals surface area contributed by atoms with Crippen molar-refractivity contribution in [2.45, 2.75) is 51.4 Å². The topological polar surface area (TPSA) is 86.1 Å². The first-order chi connectivity index (χ1) is 16.5. The SMILES string of the molecule is CCCOc1ccc(Cn2c(SCC(=O)N[C@@H](C)CC)nc3c(sc4ncccc43)c2=O)cc1. The minimum Gasteiger partial charge on any atom is -0.494 e. The molecule has 0 saturated heterocycles. The third-order valence-electron chi connectivity index (χ3n) is 5.41. The number of nitrogens with zero attached hydrogens (tertiary/aromatic N) is 3. The van der Waals surface area contributed by atoms with Crippen LogP contribution in [0.15, 0.2) is 52.5 Å². The van der Waals surface area contributed by atoms with Crippen LogP contribution in [0.1, 0.15) is 39.2 Å². The normalized spacial score (nSPS) is 12.2. The van der Waals surface area contributed by atoms with E-state index in [0.717, 1.165) is 34.4 Å². The van der Waals surface area contributed by atoms with Gasteiger partial charge in [-0.1, -0.05) is 37.7 Å². The van der Waals surface area contributed by atoms with E-state index in [4.69, 9.17) is 9.72 Å². The van der Waals surface area contributed by atoms with E-state index in [1.54, 1.807) is 10.8 Å². The average Bonchev–Trinajstić information content (AvgIpc) is 3.23. The number of hydrogen-bond acceptors (Lipinski definition) is 7. The molecule has 1 N–H and O–H groups in total. The maximum Gasteiger partial charge on any atom is 0.272 e. The molecule has 0 fully saturated rings. The highest BCUT2D eigenvalue weighted by Gasteiger charge is 2.18. The average molecular weight is 497 g/mol. The maximum atomic E-state index is 13.6. The van der Waals surface area contributed by atoms with Gasteiger partial charge < -0.3 is 10.1 Å². The zero-order valence-corrected chi connectivity index (χ0v) is 21.2. The van der Waals surface area contributed by atoms with Gasteiger partial charge in [0.2, 0.25) is 5.91 Å². The lowest BCUT2D eigenvalue weighted by Crippen LogP contribution is -2.33. The summed E-state index contributed by atoms with van der Waals surface area (Å²) >= 11 is 2.63. The van der Waals surface area contributed by atoms with Crippen LogP contribution < -0.4 is 15.6 Å². The Morgan fingerprint density at radius 2 is 2.03 bits per heavy atom. The van der Waals surface area contributed by atoms with Gasteiger partial charge in [-0.05, 0) is 49.6 Å². The molecule has 0 aliphatic heterocycles. The number of benzene rings is 1. The molecule has 0 unspecified atom stereocenters. The highest BCUT2D eigenvalue weighted by Crippen LogP contribution is 2.30. The maximum absolute atomic E-state index is 13.6. The number of carbonyl (C=O) groups excluding carboxylic acids is 1. The van der Waals surface area contributed by atoms with Crippen molar-refractivity contribution in [1.82, 2.24) is 19.9 Å². The molecule has 0 spiro atoms. The lowest BCUT2D eigenvalue weighted by atomic mass is 10.2. The summed E-state index contributed by atoms with van der Waals surface area (Å²) in [5, 5.41) is 4.35. The van der Waals surface area contributed by atoms with Gasteiger partial charge in [0.05, 0.1) is 24.4 Å². The molecule has 0 bridgehead atoms. The summed E-state index contributed by atoms with van der Waals surface area (Å²) < 4.78 is 7.90. The number of ether oxygens (including phenoxy) is 1. The van der Waals surface area contributed by atoms with Crippen molar-refractivity contribution in [2.24, 2.45) is 0 Å². The minimum atomic E-state index is -0.121. The summed E-state index contributed by atoms with van der Waals surface area (Å²) in [5.74, 6) is 0.916. The van der Waals surface area contributed by atoms with E-state index >= 15 is 0 Å². The van der Waals surface area contributed by atoms with E-state index in [1.807, 2.05) is 50.2 Å². The molecule has 7 nitrogen and oxygen atoms in total. The second kappa shape index (κ2) is 11.0. The van der Waals surface area contributed by atoms with Gasteiger partial charge in [0.1, 0.15) is 15.3 Å². The number of hydrogen-bond donors (Lipinski definition) is 1. The highest BCUT2D eigenvalue weighted by molar-refractivity contribution is 7.99. The fourth-order valence-corrected chi connectivity index (χ4v) is 5.27. The zero-order valence-electron chi connectivity index (χ0n) is 19.5. The van der Waals surface area contributed by atoms with Crippen molar-refractivity contribution in [3.63, 3.8) is 0 Å². The molecule has 9 heteroatoms. The van der Waals surface area contributed by atoms with Crippen molar-refractivity contribution < 1.29 is 9.53 Å². The monoisotopic (exact) mass is 496 g/mol. The summed E-state index contributed by atoms with van der Waals surface area (Å²) in [6.07, 6.45) is 3.52. The van der Waals surface area contributed by atoms with Crippen LogP contribution in [-0.4, -0.2) is 38.8 Å². The number of pyridine rings is 1. The van der Waals surface area contributed by atoms with E-state index in [2.05, 4.69) is 17.2 Å². The Bertz CT molecular complexity index is 1350. The second-order valence-corrected chi connectivity index (χ2v) is 10.0. The molecule has 1 atom stereocenters. The van der Waals surface area contributed by atoms with Gasteiger partial charge in [-0.2, -0.15) is 0 Å². The van der Waals surface area contributed by atoms with Crippen molar-refractivity contribution >= 4 is 49.4 Å². The van der Waals surface area contributed by atoms with Crippen LogP contribution in [0.5, 0.6) is 5.75 Å². The standard InChI is InChI=1S/C25H28N4O3S2/c1-4-13-32-18-10-8-17(9-11-18)14-29-24(31)22-21(19-7-6-12-26-23(19)34-22)28-25(29)33-15-20(30)27-16(3)5-2/h6-12,16H,4-5,13-15H2,1-3H3,(H,27,30)/t16-/m0/s1. The molecule has 1 amide bonds. The van der Waals surface area contributed by atoms with Gasteiger partial charge in [-0.3, -0.25) is 14.2 Å². The Morgan fingerprint density at radius 3 is 2.76 bits per heavy atom. The van der Waals surface area contributed by atoms with Crippen LogP contribution in [0.2, 0.25) is 0 Å².